The number of aromatic nitrogens is 3. The number of fused-ring (bicyclic) bond motifs is 2. The van der Waals surface area contributed by atoms with E-state index in [4.69, 9.17) is 4.84 Å². The zero-order chi connectivity index (χ0) is 16.8. The van der Waals surface area contributed by atoms with Crippen LogP contribution in [0.3, 0.4) is 0 Å². The number of hydrogen-bond donors (Lipinski definition) is 0. The standard InChI is InChI=1S/C16H14N4O4/c1-19-13-11(7-4-8-12(13)17-18-19)16(23)24-20-14(21)9-5-2-3-6-10(9)15(20)22/h2-3,5-6,11H,4,7-8H2,1H3. The van der Waals surface area contributed by atoms with E-state index in [0.717, 1.165) is 18.5 Å². The summed E-state index contributed by atoms with van der Waals surface area (Å²) in [5, 5.41) is 8.52. The lowest BCUT2D eigenvalue weighted by molar-refractivity contribution is -0.171. The minimum Gasteiger partial charge on any atom is -0.329 e. The fourth-order valence-electron chi connectivity index (χ4n) is 3.26. The SMILES string of the molecule is Cn1nnc2c1C(C(=O)ON1C(=O)c3ccccc3C1=O)CCC2. The molecular weight excluding hydrogens is 312 g/mol. The first-order valence-corrected chi connectivity index (χ1v) is 7.66. The van der Waals surface area contributed by atoms with Crippen molar-refractivity contribution in [2.45, 2.75) is 25.2 Å². The fraction of sp³-hybridized carbons (Fsp3) is 0.312. The third kappa shape index (κ3) is 2.03. The second-order valence-electron chi connectivity index (χ2n) is 5.85. The highest BCUT2D eigenvalue weighted by Gasteiger charge is 2.41. The Hall–Kier alpha value is -3.03. The Kier molecular flexibility index (Phi) is 3.19. The first kappa shape index (κ1) is 14.6. The summed E-state index contributed by atoms with van der Waals surface area (Å²) in [6.45, 7) is 0. The highest BCUT2D eigenvalue weighted by molar-refractivity contribution is 6.20. The van der Waals surface area contributed by atoms with Crippen molar-refractivity contribution in [3.05, 3.63) is 46.8 Å². The molecule has 1 aromatic heterocycles. The summed E-state index contributed by atoms with van der Waals surface area (Å²) < 4.78 is 1.54. The second kappa shape index (κ2) is 5.26. The minimum absolute atomic E-state index is 0.238. The molecular formula is C16H14N4O4. The fourth-order valence-corrected chi connectivity index (χ4v) is 3.26. The summed E-state index contributed by atoms with van der Waals surface area (Å²) in [4.78, 5) is 42.3. The lowest BCUT2D eigenvalue weighted by atomic mass is 9.90. The maximum atomic E-state index is 12.6. The van der Waals surface area contributed by atoms with E-state index in [0.29, 0.717) is 17.2 Å². The van der Waals surface area contributed by atoms with E-state index in [1.54, 1.807) is 23.9 Å². The molecule has 1 aliphatic heterocycles. The summed E-state index contributed by atoms with van der Waals surface area (Å²) in [5.41, 5.74) is 1.92. The largest absolute Gasteiger partial charge is 0.342 e. The molecule has 0 saturated carbocycles. The van der Waals surface area contributed by atoms with E-state index in [2.05, 4.69) is 10.3 Å². The van der Waals surface area contributed by atoms with Gasteiger partial charge in [0.1, 0.15) is 5.92 Å². The zero-order valence-corrected chi connectivity index (χ0v) is 12.9. The van der Waals surface area contributed by atoms with Gasteiger partial charge in [0.2, 0.25) is 0 Å². The number of benzene rings is 1. The normalized spacial score (nSPS) is 19.2. The van der Waals surface area contributed by atoms with Crippen LogP contribution >= 0.6 is 0 Å². The number of hydrogen-bond acceptors (Lipinski definition) is 6. The Labute approximate surface area is 137 Å². The van der Waals surface area contributed by atoms with Crippen molar-refractivity contribution in [2.24, 2.45) is 7.05 Å². The summed E-state index contributed by atoms with van der Waals surface area (Å²) in [7, 11) is 1.71. The van der Waals surface area contributed by atoms with Crippen LogP contribution < -0.4 is 0 Å². The van der Waals surface area contributed by atoms with Gasteiger partial charge in [-0.15, -0.1) is 5.10 Å². The van der Waals surface area contributed by atoms with Crippen molar-refractivity contribution in [1.29, 1.82) is 0 Å². The zero-order valence-electron chi connectivity index (χ0n) is 12.9. The molecule has 0 saturated heterocycles. The highest BCUT2D eigenvalue weighted by atomic mass is 16.7. The molecule has 122 valence electrons. The number of hydroxylamine groups is 2. The lowest BCUT2D eigenvalue weighted by Gasteiger charge is -2.22. The van der Waals surface area contributed by atoms with E-state index in [1.807, 2.05) is 0 Å². The first-order valence-electron chi connectivity index (χ1n) is 7.66. The van der Waals surface area contributed by atoms with Gasteiger partial charge in [-0.1, -0.05) is 22.4 Å². The van der Waals surface area contributed by atoms with Crippen LogP contribution in [0.1, 0.15) is 50.9 Å². The molecule has 0 N–H and O–H groups in total. The maximum absolute atomic E-state index is 12.6. The molecule has 1 unspecified atom stereocenters. The molecule has 0 fully saturated rings. The number of aryl methyl sites for hydroxylation is 2. The molecule has 8 heteroatoms. The van der Waals surface area contributed by atoms with Crippen molar-refractivity contribution >= 4 is 17.8 Å². The van der Waals surface area contributed by atoms with Gasteiger partial charge >= 0.3 is 5.97 Å². The minimum atomic E-state index is -0.643. The van der Waals surface area contributed by atoms with Gasteiger partial charge in [-0.25, -0.2) is 4.79 Å². The van der Waals surface area contributed by atoms with E-state index in [1.165, 1.54) is 12.1 Å². The van der Waals surface area contributed by atoms with Crippen LogP contribution in [-0.2, 0) is 23.1 Å². The van der Waals surface area contributed by atoms with Gasteiger partial charge < -0.3 is 4.84 Å². The molecule has 1 atom stereocenters. The molecule has 1 aromatic carbocycles. The Morgan fingerprint density at radius 2 is 1.88 bits per heavy atom. The molecule has 4 rings (SSSR count). The van der Waals surface area contributed by atoms with Crippen LogP contribution in [0.5, 0.6) is 0 Å². The average Bonchev–Trinajstić information content (AvgIpc) is 3.09. The molecule has 0 bridgehead atoms. The van der Waals surface area contributed by atoms with Crippen LogP contribution in [-0.4, -0.2) is 37.8 Å². The summed E-state index contributed by atoms with van der Waals surface area (Å²) in [6.07, 6.45) is 2.09. The third-order valence-corrected chi connectivity index (χ3v) is 4.40. The summed E-state index contributed by atoms with van der Waals surface area (Å²) in [6, 6.07) is 6.38. The number of rotatable bonds is 2. The van der Waals surface area contributed by atoms with Gasteiger partial charge in [0.25, 0.3) is 11.8 Å². The molecule has 2 heterocycles. The monoisotopic (exact) mass is 326 g/mol. The van der Waals surface area contributed by atoms with Crippen molar-refractivity contribution in [3.8, 4) is 0 Å². The quantitative estimate of drug-likeness (QED) is 0.764. The van der Waals surface area contributed by atoms with Crippen LogP contribution in [0.25, 0.3) is 0 Å². The predicted octanol–water partition coefficient (Wildman–Crippen LogP) is 0.989. The topological polar surface area (TPSA) is 94.4 Å². The molecule has 0 radical (unpaired) electrons. The van der Waals surface area contributed by atoms with E-state index in [-0.39, 0.29) is 11.1 Å². The Balaban J connectivity index is 1.59. The summed E-state index contributed by atoms with van der Waals surface area (Å²) in [5.74, 6) is -2.47. The van der Waals surface area contributed by atoms with Crippen LogP contribution in [0.15, 0.2) is 24.3 Å². The number of amides is 2. The first-order chi connectivity index (χ1) is 11.6. The molecule has 2 amide bonds. The van der Waals surface area contributed by atoms with Crippen LogP contribution in [0, 0.1) is 0 Å². The lowest BCUT2D eigenvalue weighted by Crippen LogP contribution is -2.35. The van der Waals surface area contributed by atoms with Crippen LogP contribution in [0.2, 0.25) is 0 Å². The van der Waals surface area contributed by atoms with E-state index in [9.17, 15) is 14.4 Å². The Morgan fingerprint density at radius 1 is 1.21 bits per heavy atom. The van der Waals surface area contributed by atoms with Gasteiger partial charge in [0.05, 0.1) is 22.5 Å². The molecule has 2 aromatic rings. The van der Waals surface area contributed by atoms with Crippen LogP contribution in [0.4, 0.5) is 0 Å². The molecule has 24 heavy (non-hydrogen) atoms. The average molecular weight is 326 g/mol. The number of carbonyl (C=O) groups is 3. The number of imide groups is 1. The molecule has 8 nitrogen and oxygen atoms in total. The van der Waals surface area contributed by atoms with E-state index < -0.39 is 23.7 Å². The smallest absolute Gasteiger partial charge is 0.329 e. The maximum Gasteiger partial charge on any atom is 0.342 e. The highest BCUT2D eigenvalue weighted by Crippen LogP contribution is 2.32. The van der Waals surface area contributed by atoms with E-state index >= 15 is 0 Å². The second-order valence-corrected chi connectivity index (χ2v) is 5.85. The van der Waals surface area contributed by atoms with Crippen molar-refractivity contribution in [1.82, 2.24) is 20.1 Å². The Bertz CT molecular complexity index is 838. The molecule has 0 spiro atoms. The van der Waals surface area contributed by atoms with Crippen molar-refractivity contribution in [3.63, 3.8) is 0 Å². The molecule has 1 aliphatic carbocycles. The van der Waals surface area contributed by atoms with Gasteiger partial charge in [0.15, 0.2) is 0 Å². The Morgan fingerprint density at radius 3 is 2.54 bits per heavy atom. The molecule has 2 aliphatic rings. The van der Waals surface area contributed by atoms with Gasteiger partial charge in [-0.2, -0.15) is 0 Å². The summed E-state index contributed by atoms with van der Waals surface area (Å²) >= 11 is 0. The predicted molar refractivity (Wildman–Crippen MR) is 79.7 cm³/mol. The van der Waals surface area contributed by atoms with Crippen molar-refractivity contribution < 1.29 is 19.2 Å². The van der Waals surface area contributed by atoms with Gasteiger partial charge in [-0.3, -0.25) is 14.3 Å². The third-order valence-electron chi connectivity index (χ3n) is 4.40. The van der Waals surface area contributed by atoms with Gasteiger partial charge in [0, 0.05) is 7.05 Å². The van der Waals surface area contributed by atoms with Crippen molar-refractivity contribution in [2.75, 3.05) is 0 Å². The number of carbonyl (C=O) groups excluding carboxylic acids is 3. The number of nitrogens with zero attached hydrogens (tertiary/aromatic N) is 4. The van der Waals surface area contributed by atoms with Gasteiger partial charge in [-0.05, 0) is 31.4 Å².